The molecule has 0 aliphatic heterocycles. The van der Waals surface area contributed by atoms with Crippen molar-refractivity contribution in [2.75, 3.05) is 11.5 Å². The summed E-state index contributed by atoms with van der Waals surface area (Å²) in [5.41, 5.74) is 10.4. The summed E-state index contributed by atoms with van der Waals surface area (Å²) in [6.07, 6.45) is 2.55. The average molecular weight is 585 g/mol. The molecule has 2 heterocycles. The third-order valence-electron chi connectivity index (χ3n) is 5.68. The van der Waals surface area contributed by atoms with Gasteiger partial charge in [-0.15, -0.1) is 0 Å². The predicted molar refractivity (Wildman–Crippen MR) is 157 cm³/mol. The van der Waals surface area contributed by atoms with Gasteiger partial charge < -0.3 is 21.2 Å². The molecular formula is C28H21FN8O6. The number of nitrogen functional groups attached to an aromatic ring is 2. The van der Waals surface area contributed by atoms with Gasteiger partial charge >= 0.3 is 0 Å². The summed E-state index contributed by atoms with van der Waals surface area (Å²) in [4.78, 5) is 44.7. The number of benzene rings is 4. The number of fused-ring (bicyclic) bond motifs is 2. The second-order valence-corrected chi connectivity index (χ2v) is 8.47. The summed E-state index contributed by atoms with van der Waals surface area (Å²) in [6, 6.07) is 21.2. The molecule has 0 saturated carbocycles. The smallest absolute Gasteiger partial charge is 0.277 e. The lowest BCUT2D eigenvalue weighted by molar-refractivity contribution is -0.383. The van der Waals surface area contributed by atoms with Gasteiger partial charge in [0.2, 0.25) is 5.88 Å². The third kappa shape index (κ3) is 7.37. The fraction of sp³-hybridized carbons (Fsp3) is 0. The van der Waals surface area contributed by atoms with Crippen LogP contribution in [0.15, 0.2) is 102 Å². The molecule has 14 nitrogen and oxygen atoms in total. The van der Waals surface area contributed by atoms with E-state index in [0.717, 1.165) is 6.07 Å². The van der Waals surface area contributed by atoms with Crippen LogP contribution >= 0.6 is 0 Å². The number of nitro benzene ring substituents is 2. The Morgan fingerprint density at radius 1 is 0.721 bits per heavy atom. The fourth-order valence-electron chi connectivity index (χ4n) is 3.81. The number of nitrogens with one attached hydrogen (secondary N) is 1. The van der Waals surface area contributed by atoms with Crippen LogP contribution < -0.4 is 21.8 Å². The zero-order valence-electron chi connectivity index (χ0n) is 22.0. The lowest BCUT2D eigenvalue weighted by atomic mass is 10.1. The van der Waals surface area contributed by atoms with E-state index in [1.807, 2.05) is 0 Å². The Balaban J connectivity index is 0.000000165. The molecule has 15 heteroatoms. The molecule has 0 bridgehead atoms. The topological polar surface area (TPSA) is 219 Å². The van der Waals surface area contributed by atoms with Crippen LogP contribution in [0.5, 0.6) is 11.6 Å². The van der Waals surface area contributed by atoms with Crippen molar-refractivity contribution in [1.29, 1.82) is 0 Å². The zero-order chi connectivity index (χ0) is 30.9. The van der Waals surface area contributed by atoms with Crippen molar-refractivity contribution in [2.45, 2.75) is 0 Å². The Hall–Kier alpha value is -6.51. The molecule has 0 atom stereocenters. The minimum absolute atomic E-state index is 0.0279. The van der Waals surface area contributed by atoms with E-state index in [1.54, 1.807) is 42.5 Å². The van der Waals surface area contributed by atoms with Crippen molar-refractivity contribution in [3.8, 4) is 11.6 Å². The van der Waals surface area contributed by atoms with Crippen molar-refractivity contribution in [3.05, 3.63) is 134 Å². The van der Waals surface area contributed by atoms with Crippen LogP contribution in [0.3, 0.4) is 0 Å². The normalized spacial score (nSPS) is 10.2. The van der Waals surface area contributed by atoms with Crippen molar-refractivity contribution >= 4 is 44.6 Å². The van der Waals surface area contributed by atoms with Gasteiger partial charge in [0.1, 0.15) is 29.5 Å². The van der Waals surface area contributed by atoms with Crippen LogP contribution in [0.1, 0.15) is 0 Å². The predicted octanol–water partition coefficient (Wildman–Crippen LogP) is 5.15. The van der Waals surface area contributed by atoms with E-state index in [9.17, 15) is 29.4 Å². The lowest BCUT2D eigenvalue weighted by Crippen LogP contribution is -2.05. The summed E-state index contributed by atoms with van der Waals surface area (Å²) in [5.74, 6) is 0.835. The number of halogens is 1. The molecule has 5 N–H and O–H groups in total. The Bertz CT molecular complexity index is 2000. The second-order valence-electron chi connectivity index (χ2n) is 8.47. The van der Waals surface area contributed by atoms with Gasteiger partial charge in [0.05, 0.1) is 26.9 Å². The SMILES string of the molecule is Nc1cc(=O)[nH]cn1.Nc1cc(Oc2ccc([N+](=O)[O-])c3ccccc23)ncn1.O=[N+]([O-])c1ccc(F)c2ccccc12. The highest BCUT2D eigenvalue weighted by atomic mass is 19.1. The lowest BCUT2D eigenvalue weighted by Gasteiger charge is -2.08. The van der Waals surface area contributed by atoms with E-state index < -0.39 is 15.7 Å². The minimum Gasteiger partial charge on any atom is -0.438 e. The van der Waals surface area contributed by atoms with E-state index in [0.29, 0.717) is 21.9 Å². The van der Waals surface area contributed by atoms with Gasteiger partial charge in [0.15, 0.2) is 0 Å². The zero-order valence-corrected chi connectivity index (χ0v) is 22.0. The number of aromatic amines is 1. The third-order valence-corrected chi connectivity index (χ3v) is 5.68. The molecule has 6 aromatic rings. The van der Waals surface area contributed by atoms with Gasteiger partial charge in [-0.1, -0.05) is 36.4 Å². The summed E-state index contributed by atoms with van der Waals surface area (Å²) < 4.78 is 18.9. The van der Waals surface area contributed by atoms with Crippen LogP contribution in [0.4, 0.5) is 27.4 Å². The molecule has 0 aliphatic carbocycles. The van der Waals surface area contributed by atoms with Crippen molar-refractivity contribution in [3.63, 3.8) is 0 Å². The van der Waals surface area contributed by atoms with Gasteiger partial charge in [-0.2, -0.15) is 0 Å². The Kier molecular flexibility index (Phi) is 9.07. The van der Waals surface area contributed by atoms with Gasteiger partial charge in [0, 0.05) is 35.0 Å². The second kappa shape index (κ2) is 13.2. The number of hydrogen-bond acceptors (Lipinski definition) is 11. The van der Waals surface area contributed by atoms with Crippen LogP contribution in [0.2, 0.25) is 0 Å². The molecule has 43 heavy (non-hydrogen) atoms. The molecule has 0 unspecified atom stereocenters. The molecule has 0 amide bonds. The molecular weight excluding hydrogens is 563 g/mol. The summed E-state index contributed by atoms with van der Waals surface area (Å²) in [6.45, 7) is 0. The van der Waals surface area contributed by atoms with Crippen LogP contribution in [0, 0.1) is 26.0 Å². The summed E-state index contributed by atoms with van der Waals surface area (Å²) in [5, 5.41) is 23.4. The first-order chi connectivity index (χ1) is 20.6. The van der Waals surface area contributed by atoms with E-state index in [1.165, 1.54) is 49.1 Å². The molecule has 4 aromatic carbocycles. The Morgan fingerprint density at radius 2 is 1.28 bits per heavy atom. The number of nitrogens with zero attached hydrogens (tertiary/aromatic N) is 5. The molecule has 0 aliphatic rings. The van der Waals surface area contributed by atoms with Crippen LogP contribution in [-0.4, -0.2) is 29.8 Å². The average Bonchev–Trinajstić information content (AvgIpc) is 2.98. The van der Waals surface area contributed by atoms with Crippen molar-refractivity contribution in [2.24, 2.45) is 0 Å². The Labute approximate surface area is 240 Å². The molecule has 2 aromatic heterocycles. The maximum Gasteiger partial charge on any atom is 0.277 e. The number of ether oxygens (including phenoxy) is 1. The molecule has 0 spiro atoms. The first kappa shape index (κ1) is 29.5. The largest absolute Gasteiger partial charge is 0.438 e. The summed E-state index contributed by atoms with van der Waals surface area (Å²) >= 11 is 0. The van der Waals surface area contributed by atoms with Gasteiger partial charge in [-0.25, -0.2) is 19.3 Å². The number of nitro groups is 2. The van der Waals surface area contributed by atoms with Gasteiger partial charge in [0.25, 0.3) is 16.9 Å². The minimum atomic E-state index is -0.512. The van der Waals surface area contributed by atoms with E-state index in [2.05, 4.69) is 19.9 Å². The first-order valence-corrected chi connectivity index (χ1v) is 12.2. The maximum atomic E-state index is 13.2. The highest BCUT2D eigenvalue weighted by Crippen LogP contribution is 2.35. The number of H-pyrrole nitrogens is 1. The number of non-ortho nitro benzene ring substituents is 2. The number of hydrogen-bond donors (Lipinski definition) is 3. The number of aromatic nitrogens is 4. The number of rotatable bonds is 4. The highest BCUT2D eigenvalue weighted by molar-refractivity contribution is 5.95. The summed E-state index contributed by atoms with van der Waals surface area (Å²) in [7, 11) is 0. The Morgan fingerprint density at radius 3 is 1.84 bits per heavy atom. The van der Waals surface area contributed by atoms with E-state index in [-0.39, 0.29) is 39.8 Å². The quantitative estimate of drug-likeness (QED) is 0.182. The van der Waals surface area contributed by atoms with Crippen LogP contribution in [-0.2, 0) is 0 Å². The van der Waals surface area contributed by atoms with Crippen LogP contribution in [0.25, 0.3) is 21.5 Å². The molecule has 0 fully saturated rings. The first-order valence-electron chi connectivity index (χ1n) is 12.2. The standard InChI is InChI=1S/C14H10N4O3.C10H6FNO2.C4H5N3O/c15-13-7-14(17-8-16-13)21-12-6-5-11(18(19)20)9-3-1-2-4-10(9)12;11-9-5-6-10(12(13)14)8-4-2-1-3-7(8)9;5-3-1-4(8)7-2-6-3/h1-8H,(H2,15,16,17);1-6H;1-2H,(H3,5,6,7,8). The molecule has 216 valence electrons. The molecule has 6 rings (SSSR count). The fourth-order valence-corrected chi connectivity index (χ4v) is 3.81. The molecule has 0 radical (unpaired) electrons. The van der Waals surface area contributed by atoms with Gasteiger partial charge in [-0.3, -0.25) is 25.0 Å². The highest BCUT2D eigenvalue weighted by Gasteiger charge is 2.15. The van der Waals surface area contributed by atoms with E-state index in [4.69, 9.17) is 16.2 Å². The van der Waals surface area contributed by atoms with E-state index >= 15 is 0 Å². The monoisotopic (exact) mass is 584 g/mol. The maximum absolute atomic E-state index is 13.2. The van der Waals surface area contributed by atoms with Gasteiger partial charge in [-0.05, 0) is 24.3 Å². The molecule has 0 saturated heterocycles. The number of nitrogens with two attached hydrogens (primary N) is 2. The van der Waals surface area contributed by atoms with Crippen molar-refractivity contribution < 1.29 is 19.0 Å². The number of anilines is 2. The van der Waals surface area contributed by atoms with Crippen molar-refractivity contribution in [1.82, 2.24) is 19.9 Å².